The normalized spacial score (nSPS) is 30.8. The van der Waals surface area contributed by atoms with Crippen molar-refractivity contribution in [2.75, 3.05) is 6.61 Å². The van der Waals surface area contributed by atoms with Crippen LogP contribution in [0.3, 0.4) is 0 Å². The van der Waals surface area contributed by atoms with E-state index in [-0.39, 0.29) is 12.6 Å². The molecule has 1 atom stereocenters. The van der Waals surface area contributed by atoms with Crippen LogP contribution in [0.5, 0.6) is 0 Å². The maximum Gasteiger partial charge on any atom is 0.336 e. The van der Waals surface area contributed by atoms with Gasteiger partial charge in [-0.15, -0.1) is 0 Å². The number of allylic oxidation sites excluding steroid dienone is 1. The summed E-state index contributed by atoms with van der Waals surface area (Å²) in [6.07, 6.45) is 4.32. The highest BCUT2D eigenvalue weighted by atomic mass is 32.2. The summed E-state index contributed by atoms with van der Waals surface area (Å²) in [7, 11) is -3.46. The minimum absolute atomic E-state index is 0.0984. The summed E-state index contributed by atoms with van der Waals surface area (Å²) < 4.78 is 28.4. The molecule has 1 aliphatic rings. The smallest absolute Gasteiger partial charge is 0.258 e. The van der Waals surface area contributed by atoms with Gasteiger partial charge in [0, 0.05) is 6.04 Å². The summed E-state index contributed by atoms with van der Waals surface area (Å²) >= 11 is 0. The van der Waals surface area contributed by atoms with Crippen LogP contribution < -0.4 is 4.72 Å². The Morgan fingerprint density at radius 3 is 2.91 bits per heavy atom. The first-order valence-corrected chi connectivity index (χ1v) is 4.84. The van der Waals surface area contributed by atoms with Crippen molar-refractivity contribution in [3.05, 3.63) is 12.2 Å². The molecular formula is C6H11NO3S. The van der Waals surface area contributed by atoms with Crippen LogP contribution in [0.1, 0.15) is 13.3 Å². The zero-order valence-corrected chi connectivity index (χ0v) is 7.10. The largest absolute Gasteiger partial charge is 0.336 e. The van der Waals surface area contributed by atoms with E-state index in [2.05, 4.69) is 8.91 Å². The predicted molar refractivity (Wildman–Crippen MR) is 41.2 cm³/mol. The van der Waals surface area contributed by atoms with E-state index >= 15 is 0 Å². The zero-order valence-electron chi connectivity index (χ0n) is 6.28. The fraction of sp³-hybridized carbons (Fsp3) is 0.667. The van der Waals surface area contributed by atoms with E-state index in [1.807, 2.05) is 13.0 Å². The van der Waals surface area contributed by atoms with E-state index in [1.165, 1.54) is 0 Å². The zero-order chi connectivity index (χ0) is 8.32. The Balaban J connectivity index is 2.60. The molecule has 0 amide bonds. The SMILES string of the molecule is C/C=C/C1CCOS(=O)(=O)N1. The Morgan fingerprint density at radius 1 is 1.64 bits per heavy atom. The quantitative estimate of drug-likeness (QED) is 0.581. The maximum absolute atomic E-state index is 10.8. The number of hydrogen-bond donors (Lipinski definition) is 1. The van der Waals surface area contributed by atoms with Crippen LogP contribution in [0.4, 0.5) is 0 Å². The Hall–Kier alpha value is -0.390. The molecule has 0 aromatic heterocycles. The molecule has 1 rings (SSSR count). The van der Waals surface area contributed by atoms with E-state index in [0.29, 0.717) is 6.42 Å². The van der Waals surface area contributed by atoms with Gasteiger partial charge in [0.15, 0.2) is 0 Å². The third kappa shape index (κ3) is 2.61. The van der Waals surface area contributed by atoms with Gasteiger partial charge in [-0.3, -0.25) is 4.18 Å². The highest BCUT2D eigenvalue weighted by molar-refractivity contribution is 7.84. The molecule has 11 heavy (non-hydrogen) atoms. The lowest BCUT2D eigenvalue weighted by Crippen LogP contribution is -2.40. The van der Waals surface area contributed by atoms with Crippen molar-refractivity contribution < 1.29 is 12.6 Å². The second kappa shape index (κ2) is 3.34. The summed E-state index contributed by atoms with van der Waals surface area (Å²) in [5, 5.41) is 0. The van der Waals surface area contributed by atoms with Crippen molar-refractivity contribution in [1.29, 1.82) is 0 Å². The van der Waals surface area contributed by atoms with Crippen LogP contribution in [-0.2, 0) is 14.5 Å². The molecule has 0 aromatic carbocycles. The molecule has 5 heteroatoms. The van der Waals surface area contributed by atoms with Crippen molar-refractivity contribution in [2.24, 2.45) is 0 Å². The fourth-order valence-electron chi connectivity index (χ4n) is 0.931. The summed E-state index contributed by atoms with van der Waals surface area (Å²) in [6, 6.07) is -0.0984. The fourth-order valence-corrected chi connectivity index (χ4v) is 1.88. The first-order valence-electron chi connectivity index (χ1n) is 3.43. The minimum Gasteiger partial charge on any atom is -0.258 e. The van der Waals surface area contributed by atoms with Crippen LogP contribution in [-0.4, -0.2) is 21.1 Å². The van der Waals surface area contributed by atoms with Gasteiger partial charge in [0.05, 0.1) is 6.61 Å². The highest BCUT2D eigenvalue weighted by Gasteiger charge is 2.21. The molecule has 1 saturated heterocycles. The average Bonchev–Trinajstić information content (AvgIpc) is 1.85. The van der Waals surface area contributed by atoms with Crippen LogP contribution in [0.15, 0.2) is 12.2 Å². The van der Waals surface area contributed by atoms with Gasteiger partial charge in [-0.05, 0) is 13.3 Å². The van der Waals surface area contributed by atoms with Gasteiger partial charge in [0.1, 0.15) is 0 Å². The lowest BCUT2D eigenvalue weighted by molar-refractivity contribution is 0.269. The molecule has 1 unspecified atom stereocenters. The van der Waals surface area contributed by atoms with Crippen molar-refractivity contribution >= 4 is 10.3 Å². The van der Waals surface area contributed by atoms with Gasteiger partial charge < -0.3 is 0 Å². The topological polar surface area (TPSA) is 55.4 Å². The Morgan fingerprint density at radius 2 is 2.36 bits per heavy atom. The van der Waals surface area contributed by atoms with E-state index in [0.717, 1.165) is 0 Å². The second-order valence-electron chi connectivity index (χ2n) is 2.31. The summed E-state index contributed by atoms with van der Waals surface area (Å²) in [5.74, 6) is 0. The maximum atomic E-state index is 10.8. The molecule has 64 valence electrons. The standard InChI is InChI=1S/C6H11NO3S/c1-2-3-6-4-5-10-11(8,9)7-6/h2-3,6-7H,4-5H2,1H3/b3-2+. The highest BCUT2D eigenvalue weighted by Crippen LogP contribution is 2.06. The Bertz CT molecular complexity index is 245. The van der Waals surface area contributed by atoms with Crippen molar-refractivity contribution in [2.45, 2.75) is 19.4 Å². The van der Waals surface area contributed by atoms with E-state index < -0.39 is 10.3 Å². The molecule has 1 heterocycles. The molecule has 0 spiro atoms. The van der Waals surface area contributed by atoms with E-state index in [1.54, 1.807) is 6.08 Å². The van der Waals surface area contributed by atoms with E-state index in [4.69, 9.17) is 0 Å². The predicted octanol–water partition coefficient (Wildman–Crippen LogP) is 0.186. The third-order valence-corrected chi connectivity index (χ3v) is 2.46. The molecule has 0 aromatic rings. The first-order chi connectivity index (χ1) is 5.14. The lowest BCUT2D eigenvalue weighted by atomic mass is 10.2. The summed E-state index contributed by atoms with van der Waals surface area (Å²) in [5.41, 5.74) is 0. The van der Waals surface area contributed by atoms with Gasteiger partial charge >= 0.3 is 10.3 Å². The summed E-state index contributed by atoms with van der Waals surface area (Å²) in [4.78, 5) is 0. The average molecular weight is 177 g/mol. The van der Waals surface area contributed by atoms with Crippen LogP contribution in [0.25, 0.3) is 0 Å². The van der Waals surface area contributed by atoms with Crippen molar-refractivity contribution in [3.8, 4) is 0 Å². The number of nitrogens with one attached hydrogen (secondary N) is 1. The van der Waals surface area contributed by atoms with Gasteiger partial charge in [-0.25, -0.2) is 0 Å². The number of rotatable bonds is 1. The van der Waals surface area contributed by atoms with Crippen molar-refractivity contribution in [1.82, 2.24) is 4.72 Å². The van der Waals surface area contributed by atoms with Gasteiger partial charge in [0.25, 0.3) is 0 Å². The molecule has 0 aliphatic carbocycles. The van der Waals surface area contributed by atoms with E-state index in [9.17, 15) is 8.42 Å². The molecule has 0 bridgehead atoms. The Labute approximate surface area is 66.5 Å². The second-order valence-corrected chi connectivity index (χ2v) is 3.69. The minimum atomic E-state index is -3.46. The molecule has 1 aliphatic heterocycles. The molecule has 1 fully saturated rings. The van der Waals surface area contributed by atoms with Crippen LogP contribution >= 0.6 is 0 Å². The molecule has 0 saturated carbocycles. The van der Waals surface area contributed by atoms with Gasteiger partial charge in [-0.1, -0.05) is 12.2 Å². The molecule has 1 N–H and O–H groups in total. The molecular weight excluding hydrogens is 166 g/mol. The Kier molecular flexibility index (Phi) is 2.64. The monoisotopic (exact) mass is 177 g/mol. The number of hydrogen-bond acceptors (Lipinski definition) is 3. The lowest BCUT2D eigenvalue weighted by Gasteiger charge is -2.19. The molecule has 4 nitrogen and oxygen atoms in total. The van der Waals surface area contributed by atoms with Crippen molar-refractivity contribution in [3.63, 3.8) is 0 Å². The van der Waals surface area contributed by atoms with Crippen LogP contribution in [0.2, 0.25) is 0 Å². The third-order valence-electron chi connectivity index (χ3n) is 1.39. The summed E-state index contributed by atoms with van der Waals surface area (Å²) in [6.45, 7) is 2.12. The first kappa shape index (κ1) is 8.70. The van der Waals surface area contributed by atoms with Gasteiger partial charge in [-0.2, -0.15) is 13.1 Å². The molecule has 0 radical (unpaired) electrons. The van der Waals surface area contributed by atoms with Gasteiger partial charge in [0.2, 0.25) is 0 Å². The van der Waals surface area contributed by atoms with Crippen LogP contribution in [0, 0.1) is 0 Å².